The molecule has 0 fully saturated rings. The third-order valence-electron chi connectivity index (χ3n) is 2.97. The quantitative estimate of drug-likeness (QED) is 0.839. The number of nitrogens with zero attached hydrogens (tertiary/aromatic N) is 2. The number of amides is 1. The highest BCUT2D eigenvalue weighted by molar-refractivity contribution is 7.20. The Kier molecular flexibility index (Phi) is 4.37. The number of ether oxygens (including phenoxy) is 1. The molecular weight excluding hydrogens is 294 g/mol. The van der Waals surface area contributed by atoms with E-state index in [0.717, 1.165) is 11.3 Å². The molecule has 1 N–H and O–H groups in total. The Hall–Kier alpha value is -2.22. The summed E-state index contributed by atoms with van der Waals surface area (Å²) < 4.78 is 6.18. The number of likely N-dealkylation sites (N-methyl/N-ethyl adjacent to an activating group) is 1. The summed E-state index contributed by atoms with van der Waals surface area (Å²) in [5.74, 6) is -0.757. The van der Waals surface area contributed by atoms with Crippen molar-refractivity contribution < 1.29 is 14.3 Å². The van der Waals surface area contributed by atoms with Gasteiger partial charge in [0.15, 0.2) is 0 Å². The van der Waals surface area contributed by atoms with Crippen molar-refractivity contribution in [3.05, 3.63) is 27.1 Å². The van der Waals surface area contributed by atoms with Crippen LogP contribution in [0.1, 0.15) is 22.2 Å². The molecule has 0 spiro atoms. The maximum absolute atomic E-state index is 12.4. The zero-order chi connectivity index (χ0) is 15.6. The Balaban J connectivity index is 2.55. The van der Waals surface area contributed by atoms with Gasteiger partial charge in [0.25, 0.3) is 5.56 Å². The van der Waals surface area contributed by atoms with E-state index in [9.17, 15) is 14.4 Å². The maximum Gasteiger partial charge on any atom is 0.348 e. The van der Waals surface area contributed by atoms with E-state index < -0.39 is 5.97 Å². The number of rotatable bonds is 4. The van der Waals surface area contributed by atoms with Gasteiger partial charge in [-0.15, -0.1) is 11.3 Å². The molecule has 8 heteroatoms. The lowest BCUT2D eigenvalue weighted by atomic mass is 10.2. The number of thiophene rings is 1. The van der Waals surface area contributed by atoms with Gasteiger partial charge in [0.1, 0.15) is 16.3 Å². The maximum atomic E-state index is 12.4. The normalized spacial score (nSPS) is 10.6. The predicted molar refractivity (Wildman–Crippen MR) is 78.6 cm³/mol. The number of hydrogen-bond donors (Lipinski definition) is 1. The lowest BCUT2D eigenvalue weighted by molar-refractivity contribution is -0.121. The minimum Gasteiger partial charge on any atom is -0.462 e. The van der Waals surface area contributed by atoms with Crippen LogP contribution in [0.2, 0.25) is 0 Å². The number of esters is 1. The number of nitrogens with one attached hydrogen (secondary N) is 1. The molecule has 0 aromatic carbocycles. The summed E-state index contributed by atoms with van der Waals surface area (Å²) in [6.07, 6.45) is 1.31. The fourth-order valence-corrected chi connectivity index (χ4v) is 2.93. The molecular formula is C13H15N3O4S. The number of carbonyl (C=O) groups excluding carboxylic acids is 2. The minimum absolute atomic E-state index is 0.109. The first kappa shape index (κ1) is 15.2. The van der Waals surface area contributed by atoms with Gasteiger partial charge in [0.05, 0.1) is 18.3 Å². The number of fused-ring (bicyclic) bond motifs is 1. The largest absolute Gasteiger partial charge is 0.462 e. The SMILES string of the molecule is CCOC(=O)c1sc2ncn(CC(=O)NC)c(=O)c2c1C. The molecule has 0 saturated carbocycles. The third-order valence-corrected chi connectivity index (χ3v) is 4.15. The Morgan fingerprint density at radius 2 is 2.19 bits per heavy atom. The predicted octanol–water partition coefficient (Wildman–Crippen LogP) is 0.689. The van der Waals surface area contributed by atoms with E-state index in [1.807, 2.05) is 0 Å². The van der Waals surface area contributed by atoms with Crippen molar-refractivity contribution >= 4 is 33.4 Å². The minimum atomic E-state index is -0.463. The molecule has 0 bridgehead atoms. The van der Waals surface area contributed by atoms with Crippen molar-refractivity contribution in [1.29, 1.82) is 0 Å². The summed E-state index contributed by atoms with van der Waals surface area (Å²) in [6.45, 7) is 3.55. The monoisotopic (exact) mass is 309 g/mol. The summed E-state index contributed by atoms with van der Waals surface area (Å²) >= 11 is 1.12. The number of hydrogen-bond acceptors (Lipinski definition) is 6. The fraction of sp³-hybridized carbons (Fsp3) is 0.385. The van der Waals surface area contributed by atoms with Crippen molar-refractivity contribution in [1.82, 2.24) is 14.9 Å². The summed E-state index contributed by atoms with van der Waals surface area (Å²) in [6, 6.07) is 0. The Labute approximate surface area is 124 Å². The molecule has 0 saturated heterocycles. The highest BCUT2D eigenvalue weighted by Gasteiger charge is 2.20. The van der Waals surface area contributed by atoms with Gasteiger partial charge in [0, 0.05) is 7.05 Å². The first-order valence-electron chi connectivity index (χ1n) is 6.35. The lowest BCUT2D eigenvalue weighted by Gasteiger charge is -2.04. The topological polar surface area (TPSA) is 90.3 Å². The Morgan fingerprint density at radius 1 is 1.48 bits per heavy atom. The summed E-state index contributed by atoms with van der Waals surface area (Å²) in [5, 5.41) is 2.80. The second kappa shape index (κ2) is 6.04. The average Bonchev–Trinajstić information content (AvgIpc) is 2.80. The summed E-state index contributed by atoms with van der Waals surface area (Å²) in [5.41, 5.74) is 0.199. The third kappa shape index (κ3) is 2.80. The highest BCUT2D eigenvalue weighted by Crippen LogP contribution is 2.27. The molecule has 2 aromatic rings. The zero-order valence-electron chi connectivity index (χ0n) is 11.9. The Morgan fingerprint density at radius 3 is 2.81 bits per heavy atom. The van der Waals surface area contributed by atoms with Gasteiger partial charge in [-0.2, -0.15) is 0 Å². The molecule has 2 aromatic heterocycles. The van der Waals surface area contributed by atoms with Gasteiger partial charge in [-0.05, 0) is 19.4 Å². The van der Waals surface area contributed by atoms with Crippen LogP contribution >= 0.6 is 11.3 Å². The van der Waals surface area contributed by atoms with E-state index in [-0.39, 0.29) is 24.6 Å². The van der Waals surface area contributed by atoms with Crippen LogP contribution in [0.15, 0.2) is 11.1 Å². The van der Waals surface area contributed by atoms with Gasteiger partial charge in [-0.25, -0.2) is 9.78 Å². The van der Waals surface area contributed by atoms with Crippen LogP contribution in [0.3, 0.4) is 0 Å². The van der Waals surface area contributed by atoms with E-state index in [1.54, 1.807) is 13.8 Å². The molecule has 0 aliphatic carbocycles. The van der Waals surface area contributed by atoms with Crippen LogP contribution in [-0.2, 0) is 16.1 Å². The number of aryl methyl sites for hydroxylation is 1. The van der Waals surface area contributed by atoms with E-state index in [1.165, 1.54) is 17.9 Å². The molecule has 2 rings (SSSR count). The molecule has 0 aliphatic rings. The molecule has 7 nitrogen and oxygen atoms in total. The van der Waals surface area contributed by atoms with Gasteiger partial charge in [-0.3, -0.25) is 14.2 Å². The molecule has 1 amide bonds. The molecule has 0 radical (unpaired) electrons. The fourth-order valence-electron chi connectivity index (χ4n) is 1.90. The van der Waals surface area contributed by atoms with Crippen molar-refractivity contribution in [3.8, 4) is 0 Å². The smallest absolute Gasteiger partial charge is 0.348 e. The van der Waals surface area contributed by atoms with E-state index >= 15 is 0 Å². The van der Waals surface area contributed by atoms with Gasteiger partial charge in [-0.1, -0.05) is 0 Å². The van der Waals surface area contributed by atoms with Crippen LogP contribution < -0.4 is 10.9 Å². The van der Waals surface area contributed by atoms with Crippen LogP contribution in [-0.4, -0.2) is 35.1 Å². The van der Waals surface area contributed by atoms with Gasteiger partial charge < -0.3 is 10.1 Å². The first-order valence-corrected chi connectivity index (χ1v) is 7.17. The van der Waals surface area contributed by atoms with E-state index in [2.05, 4.69) is 10.3 Å². The van der Waals surface area contributed by atoms with Crippen LogP contribution in [0.25, 0.3) is 10.2 Å². The van der Waals surface area contributed by atoms with Crippen LogP contribution in [0, 0.1) is 6.92 Å². The van der Waals surface area contributed by atoms with E-state index in [4.69, 9.17) is 4.74 Å². The summed E-state index contributed by atoms with van der Waals surface area (Å²) in [7, 11) is 1.49. The molecule has 0 unspecified atom stereocenters. The van der Waals surface area contributed by atoms with Crippen LogP contribution in [0.5, 0.6) is 0 Å². The first-order chi connectivity index (χ1) is 9.99. The molecule has 112 valence electrons. The summed E-state index contributed by atoms with van der Waals surface area (Å²) in [4.78, 5) is 40.6. The zero-order valence-corrected chi connectivity index (χ0v) is 12.7. The van der Waals surface area contributed by atoms with Crippen molar-refractivity contribution in [2.75, 3.05) is 13.7 Å². The van der Waals surface area contributed by atoms with Gasteiger partial charge >= 0.3 is 5.97 Å². The molecule has 2 heterocycles. The van der Waals surface area contributed by atoms with Crippen molar-refractivity contribution in [2.45, 2.75) is 20.4 Å². The van der Waals surface area contributed by atoms with Crippen molar-refractivity contribution in [3.63, 3.8) is 0 Å². The standard InChI is InChI=1S/C13H15N3O4S/c1-4-20-13(19)10-7(2)9-11(21-10)15-6-16(12(9)18)5-8(17)14-3/h6H,4-5H2,1-3H3,(H,14,17). The second-order valence-electron chi connectivity index (χ2n) is 4.31. The van der Waals surface area contributed by atoms with Gasteiger partial charge in [0.2, 0.25) is 5.91 Å². The molecule has 0 atom stereocenters. The molecule has 0 aliphatic heterocycles. The molecule has 21 heavy (non-hydrogen) atoms. The van der Waals surface area contributed by atoms with Crippen LogP contribution in [0.4, 0.5) is 0 Å². The number of aromatic nitrogens is 2. The van der Waals surface area contributed by atoms with Crippen molar-refractivity contribution in [2.24, 2.45) is 0 Å². The Bertz CT molecular complexity index is 763. The highest BCUT2D eigenvalue weighted by atomic mass is 32.1. The van der Waals surface area contributed by atoms with E-state index in [0.29, 0.717) is 20.7 Å². The number of carbonyl (C=O) groups is 2. The average molecular weight is 309 g/mol. The lowest BCUT2D eigenvalue weighted by Crippen LogP contribution is -2.30. The second-order valence-corrected chi connectivity index (χ2v) is 5.31.